The van der Waals surface area contributed by atoms with Crippen molar-refractivity contribution < 1.29 is 33.5 Å². The summed E-state index contributed by atoms with van der Waals surface area (Å²) in [4.78, 5) is 5.18. The van der Waals surface area contributed by atoms with Crippen LogP contribution in [0.25, 0.3) is 72.4 Å². The van der Waals surface area contributed by atoms with Crippen LogP contribution >= 0.6 is 0 Å². The van der Waals surface area contributed by atoms with Gasteiger partial charge in [0.05, 0.1) is 23.5 Å². The van der Waals surface area contributed by atoms with Crippen LogP contribution in [0.15, 0.2) is 132 Å². The zero-order chi connectivity index (χ0) is 46.5. The molecule has 5 nitrogen and oxygen atoms in total. The monoisotopic (exact) mass is 1110 g/mol. The summed E-state index contributed by atoms with van der Waals surface area (Å²) >= 11 is -1.94. The standard InChI is InChI=1S/C41H37FGeN3O.C17H20N.Ir/c1-24(2)32-21-28(27-15-17-29(18-16-27)43(5,6)7)22-33(25(3)4)39(32)46-36-14-9-8-13-35(36)45-41(46)31-12-10-11-30-38-34(42)19-26(23-44)20-37(38)47-40(30)31;1-13-8-6-7-9-15(13)16-11-10-14(12-18(16)5)17(2,3)4;/h8-11,13-22,24-25H,1-7H3;6-12H,1,5H2,2-4H3;/q2*-1;+3. The third kappa shape index (κ3) is 9.25. The predicted octanol–water partition coefficient (Wildman–Crippen LogP) is 14.6. The van der Waals surface area contributed by atoms with Gasteiger partial charge in [-0.15, -0.1) is 29.8 Å². The Labute approximate surface area is 406 Å². The van der Waals surface area contributed by atoms with Gasteiger partial charge in [-0.1, -0.05) is 50.4 Å². The number of imidazole rings is 1. The molecule has 0 spiro atoms. The van der Waals surface area contributed by atoms with Crippen LogP contribution in [0.4, 0.5) is 4.39 Å². The van der Waals surface area contributed by atoms with Crippen molar-refractivity contribution in [1.82, 2.24) is 9.55 Å². The van der Waals surface area contributed by atoms with Gasteiger partial charge in [-0.3, -0.25) is 0 Å². The molecule has 0 saturated carbocycles. The van der Waals surface area contributed by atoms with Gasteiger partial charge in [-0.05, 0) is 23.1 Å². The van der Waals surface area contributed by atoms with E-state index >= 15 is 4.39 Å². The molecule has 0 radical (unpaired) electrons. The molecular weight excluding hydrogens is 1050 g/mol. The number of pyridine rings is 1. The van der Waals surface area contributed by atoms with Crippen LogP contribution in [-0.2, 0) is 25.5 Å². The van der Waals surface area contributed by atoms with Gasteiger partial charge in [0.15, 0.2) is 0 Å². The number of fused-ring (bicyclic) bond motifs is 4. The summed E-state index contributed by atoms with van der Waals surface area (Å²) in [5.41, 5.74) is 14.1. The van der Waals surface area contributed by atoms with Crippen LogP contribution in [0, 0.1) is 37.2 Å². The molecule has 9 rings (SSSR count). The first-order valence-electron chi connectivity index (χ1n) is 22.4. The van der Waals surface area contributed by atoms with E-state index in [4.69, 9.17) is 9.40 Å². The van der Waals surface area contributed by atoms with Crippen molar-refractivity contribution in [2.45, 2.75) is 83.0 Å². The molecule has 0 amide bonds. The first-order valence-corrected chi connectivity index (χ1v) is 29.7. The summed E-state index contributed by atoms with van der Waals surface area (Å²) in [7, 11) is 4.10. The minimum Gasteiger partial charge on any atom is -0.343 e. The largest absolute Gasteiger partial charge is 3.00 e. The van der Waals surface area contributed by atoms with Crippen molar-refractivity contribution in [3.8, 4) is 45.5 Å². The fourth-order valence-corrected chi connectivity index (χ4v) is 11.1. The molecule has 3 aromatic heterocycles. The minimum atomic E-state index is -1.94. The Morgan fingerprint density at radius 1 is 0.833 bits per heavy atom. The van der Waals surface area contributed by atoms with Crippen molar-refractivity contribution >= 4 is 50.6 Å². The number of furan rings is 1. The van der Waals surface area contributed by atoms with E-state index < -0.39 is 19.1 Å². The van der Waals surface area contributed by atoms with E-state index in [1.165, 1.54) is 38.3 Å². The first kappa shape index (κ1) is 48.0. The van der Waals surface area contributed by atoms with Crippen molar-refractivity contribution in [2.75, 3.05) is 0 Å². The maximum absolute atomic E-state index is 15.3. The summed E-state index contributed by atoms with van der Waals surface area (Å²) in [5, 5.41) is 10.5. The van der Waals surface area contributed by atoms with Crippen molar-refractivity contribution in [2.24, 2.45) is 0 Å². The van der Waals surface area contributed by atoms with Gasteiger partial charge in [0, 0.05) is 12.4 Å². The predicted molar refractivity (Wildman–Crippen MR) is 270 cm³/mol. The molecule has 0 fully saturated rings. The topological polar surface area (TPSA) is 58.6 Å². The molecule has 0 bridgehead atoms. The second-order valence-electron chi connectivity index (χ2n) is 19.7. The van der Waals surface area contributed by atoms with Gasteiger partial charge in [0.25, 0.3) is 0 Å². The van der Waals surface area contributed by atoms with E-state index in [2.05, 4.69) is 157 Å². The molecular formula is C58H57FGeIrN4O+. The maximum atomic E-state index is 15.3. The van der Waals surface area contributed by atoms with Gasteiger partial charge in [0.1, 0.15) is 11.4 Å². The number of halogens is 1. The zero-order valence-electron chi connectivity index (χ0n) is 39.6. The minimum absolute atomic E-state index is 0. The van der Waals surface area contributed by atoms with E-state index in [-0.39, 0.29) is 42.9 Å². The molecule has 0 saturated heterocycles. The Morgan fingerprint density at radius 2 is 1.48 bits per heavy atom. The Kier molecular flexibility index (Phi) is 13.7. The van der Waals surface area contributed by atoms with Crippen molar-refractivity contribution in [3.05, 3.63) is 181 Å². The molecule has 66 heavy (non-hydrogen) atoms. The number of para-hydroxylation sites is 2. The third-order valence-corrected chi connectivity index (χ3v) is 16.6. The molecule has 0 unspecified atom stereocenters. The van der Waals surface area contributed by atoms with E-state index in [0.717, 1.165) is 33.5 Å². The van der Waals surface area contributed by atoms with Crippen LogP contribution in [0.3, 0.4) is 0 Å². The number of hydrogen-bond donors (Lipinski definition) is 0. The van der Waals surface area contributed by atoms with Crippen LogP contribution in [-0.4, -0.2) is 22.8 Å². The van der Waals surface area contributed by atoms with Crippen LogP contribution < -0.4 is 8.96 Å². The Balaban J connectivity index is 0.000000287. The van der Waals surface area contributed by atoms with Gasteiger partial charge in [-0.25, -0.2) is 4.39 Å². The summed E-state index contributed by atoms with van der Waals surface area (Å²) < 4.78 is 27.4. The maximum Gasteiger partial charge on any atom is 3.00 e. The van der Waals surface area contributed by atoms with Gasteiger partial charge in [-0.2, -0.15) is 23.8 Å². The fraction of sp³-hybridized carbons (Fsp3) is 0.224. The Bertz CT molecular complexity index is 3260. The number of nitriles is 1. The fourth-order valence-electron chi connectivity index (χ4n) is 8.62. The summed E-state index contributed by atoms with van der Waals surface area (Å²) in [5.74, 6) is 7.89. The van der Waals surface area contributed by atoms with Crippen LogP contribution in [0.2, 0.25) is 17.3 Å². The van der Waals surface area contributed by atoms with E-state index in [0.29, 0.717) is 33.3 Å². The molecule has 334 valence electrons. The quantitative estimate of drug-likeness (QED) is 0.0908. The summed E-state index contributed by atoms with van der Waals surface area (Å²) in [6, 6.07) is 46.3. The number of nitrogens with zero attached hydrogens (tertiary/aromatic N) is 4. The number of hydrogen-bond acceptors (Lipinski definition) is 3. The third-order valence-electron chi connectivity index (χ3n) is 12.3. The van der Waals surface area contributed by atoms with Crippen molar-refractivity contribution in [1.29, 1.82) is 5.26 Å². The molecule has 0 aliphatic rings. The molecule has 0 aliphatic heterocycles. The summed E-state index contributed by atoms with van der Waals surface area (Å²) in [6.07, 6.45) is 2.10. The van der Waals surface area contributed by atoms with E-state index in [1.807, 2.05) is 53.1 Å². The normalized spacial score (nSPS) is 11.8. The molecule has 6 aromatic carbocycles. The van der Waals surface area contributed by atoms with Crippen LogP contribution in [0.5, 0.6) is 0 Å². The van der Waals surface area contributed by atoms with Gasteiger partial charge < -0.3 is 8.98 Å². The molecule has 0 N–H and O–H groups in total. The molecule has 8 heteroatoms. The number of rotatable bonds is 7. The number of aromatic nitrogens is 3. The second-order valence-corrected chi connectivity index (χ2v) is 30.4. The zero-order valence-corrected chi connectivity index (χ0v) is 44.1. The molecule has 3 heterocycles. The van der Waals surface area contributed by atoms with Crippen LogP contribution in [0.1, 0.15) is 88.1 Å². The number of benzene rings is 6. The average Bonchev–Trinajstić information content (AvgIpc) is 3.85. The van der Waals surface area contributed by atoms with E-state index in [1.54, 1.807) is 12.1 Å². The molecule has 0 aliphatic carbocycles. The molecule has 9 aromatic rings. The Morgan fingerprint density at radius 3 is 2.09 bits per heavy atom. The summed E-state index contributed by atoms with van der Waals surface area (Å²) in [6.45, 7) is 19.6. The second kappa shape index (κ2) is 18.8. The smallest absolute Gasteiger partial charge is 0.343 e. The average molecular weight is 1110 g/mol. The van der Waals surface area contributed by atoms with Gasteiger partial charge >= 0.3 is 221 Å². The first-order chi connectivity index (χ1) is 30.8. The Hall–Kier alpha value is -5.91. The SMILES string of the molecule is CC(C)c1cc(-c2cc[c]([Ge]([CH3])([CH3])[CH3])cc2)cc(C(C)C)c1-n1c(-c2[c-]ccc3c2oc2cc(C#N)cc(F)c23)nc2ccccc21.[CH2-]c1ccccc1-c1ccc(C(C)(C)C)c[n+]1[CH2-].[Ir+3]. The van der Waals surface area contributed by atoms with Crippen molar-refractivity contribution in [3.63, 3.8) is 0 Å². The van der Waals surface area contributed by atoms with E-state index in [9.17, 15) is 5.26 Å². The van der Waals surface area contributed by atoms with Gasteiger partial charge in [0.2, 0.25) is 0 Å². The molecule has 0 atom stereocenters.